The Morgan fingerprint density at radius 2 is 2.08 bits per heavy atom. The average Bonchev–Trinajstić information content (AvgIpc) is 2.86. The van der Waals surface area contributed by atoms with Crippen LogP contribution in [0.1, 0.15) is 30.0 Å². The lowest BCUT2D eigenvalue weighted by Crippen LogP contribution is -2.45. The van der Waals surface area contributed by atoms with E-state index in [0.29, 0.717) is 22.2 Å². The van der Waals surface area contributed by atoms with Gasteiger partial charge in [0.2, 0.25) is 0 Å². The maximum atomic E-state index is 12.8. The SMILES string of the molecule is O=C(Nc1ccc(Cl)c(Cl)c1)N1C2CCC1c1cc[n+]([O-])cc1C2. The first-order valence-corrected chi connectivity index (χ1v) is 8.54. The van der Waals surface area contributed by atoms with Crippen LogP contribution >= 0.6 is 23.2 Å². The van der Waals surface area contributed by atoms with Crippen molar-refractivity contribution in [1.29, 1.82) is 0 Å². The summed E-state index contributed by atoms with van der Waals surface area (Å²) >= 11 is 11.9. The molecule has 2 aliphatic heterocycles. The predicted molar refractivity (Wildman–Crippen MR) is 92.2 cm³/mol. The van der Waals surface area contributed by atoms with E-state index in [-0.39, 0.29) is 18.1 Å². The first-order valence-electron chi connectivity index (χ1n) is 7.79. The molecule has 24 heavy (non-hydrogen) atoms. The summed E-state index contributed by atoms with van der Waals surface area (Å²) in [7, 11) is 0. The van der Waals surface area contributed by atoms with Crippen LogP contribution in [-0.2, 0) is 6.42 Å². The average molecular weight is 364 g/mol. The number of carbonyl (C=O) groups is 1. The van der Waals surface area contributed by atoms with Crippen LogP contribution in [0.25, 0.3) is 0 Å². The number of urea groups is 1. The van der Waals surface area contributed by atoms with Crippen LogP contribution in [0.2, 0.25) is 10.0 Å². The maximum Gasteiger partial charge on any atom is 0.322 e. The molecule has 1 aromatic carbocycles. The second-order valence-electron chi connectivity index (χ2n) is 6.20. The lowest BCUT2D eigenvalue weighted by atomic mass is 9.95. The Morgan fingerprint density at radius 3 is 2.88 bits per heavy atom. The molecule has 2 unspecified atom stereocenters. The van der Waals surface area contributed by atoms with Crippen molar-refractivity contribution in [2.45, 2.75) is 31.3 Å². The molecular formula is C17H15Cl2N3O2. The first kappa shape index (κ1) is 15.5. The van der Waals surface area contributed by atoms with E-state index in [0.717, 1.165) is 28.7 Å². The second-order valence-corrected chi connectivity index (χ2v) is 7.02. The highest BCUT2D eigenvalue weighted by Crippen LogP contribution is 2.43. The van der Waals surface area contributed by atoms with Gasteiger partial charge in [0.25, 0.3) is 0 Å². The highest BCUT2D eigenvalue weighted by Gasteiger charge is 2.43. The van der Waals surface area contributed by atoms with Gasteiger partial charge < -0.3 is 15.4 Å². The second kappa shape index (κ2) is 5.83. The number of aromatic nitrogens is 1. The maximum absolute atomic E-state index is 12.8. The van der Waals surface area contributed by atoms with E-state index in [1.54, 1.807) is 24.4 Å². The molecule has 2 aliphatic rings. The molecule has 3 heterocycles. The van der Waals surface area contributed by atoms with Crippen molar-refractivity contribution in [3.63, 3.8) is 0 Å². The fourth-order valence-electron chi connectivity index (χ4n) is 3.74. The largest absolute Gasteiger partial charge is 0.619 e. The van der Waals surface area contributed by atoms with Gasteiger partial charge in [0.15, 0.2) is 12.4 Å². The van der Waals surface area contributed by atoms with Crippen LogP contribution in [0.3, 0.4) is 0 Å². The summed E-state index contributed by atoms with van der Waals surface area (Å²) in [6.45, 7) is 0. The van der Waals surface area contributed by atoms with Gasteiger partial charge in [-0.15, -0.1) is 0 Å². The van der Waals surface area contributed by atoms with Gasteiger partial charge in [-0.05, 0) is 43.0 Å². The van der Waals surface area contributed by atoms with Crippen LogP contribution in [-0.4, -0.2) is 17.0 Å². The van der Waals surface area contributed by atoms with E-state index in [4.69, 9.17) is 23.2 Å². The minimum atomic E-state index is -0.148. The minimum Gasteiger partial charge on any atom is -0.619 e. The minimum absolute atomic E-state index is 0.0164. The Balaban J connectivity index is 1.59. The zero-order valence-corrected chi connectivity index (χ0v) is 14.2. The predicted octanol–water partition coefficient (Wildman–Crippen LogP) is 3.92. The number of amides is 2. The molecule has 2 amide bonds. The molecule has 5 nitrogen and oxygen atoms in total. The molecule has 4 rings (SSSR count). The summed E-state index contributed by atoms with van der Waals surface area (Å²) in [4.78, 5) is 14.7. The first-order chi connectivity index (χ1) is 11.5. The third-order valence-corrected chi connectivity index (χ3v) is 5.52. The van der Waals surface area contributed by atoms with E-state index < -0.39 is 0 Å². The van der Waals surface area contributed by atoms with Gasteiger partial charge in [-0.2, -0.15) is 4.73 Å². The summed E-state index contributed by atoms with van der Waals surface area (Å²) in [5.74, 6) is 0. The molecule has 7 heteroatoms. The number of hydrogen-bond donors (Lipinski definition) is 1. The molecule has 124 valence electrons. The summed E-state index contributed by atoms with van der Waals surface area (Å²) in [6, 6.07) is 6.84. The molecule has 2 bridgehead atoms. The smallest absolute Gasteiger partial charge is 0.322 e. The zero-order valence-electron chi connectivity index (χ0n) is 12.7. The van der Waals surface area contributed by atoms with Gasteiger partial charge in [-0.1, -0.05) is 23.2 Å². The Kier molecular flexibility index (Phi) is 3.77. The van der Waals surface area contributed by atoms with E-state index >= 15 is 0 Å². The Labute approximate surface area is 149 Å². The molecule has 2 atom stereocenters. The van der Waals surface area contributed by atoms with Crippen molar-refractivity contribution in [2.75, 3.05) is 5.32 Å². The van der Waals surface area contributed by atoms with Gasteiger partial charge in [-0.3, -0.25) is 0 Å². The summed E-state index contributed by atoms with van der Waals surface area (Å²) in [6.07, 6.45) is 5.67. The van der Waals surface area contributed by atoms with Crippen molar-refractivity contribution in [3.8, 4) is 0 Å². The number of pyridine rings is 1. The summed E-state index contributed by atoms with van der Waals surface area (Å²) < 4.78 is 0.823. The molecule has 0 spiro atoms. The number of benzene rings is 1. The normalized spacial score (nSPS) is 21.5. The fourth-order valence-corrected chi connectivity index (χ4v) is 4.04. The number of carbonyl (C=O) groups excluding carboxylic acids is 1. The Hall–Kier alpha value is -1.98. The van der Waals surface area contributed by atoms with Crippen molar-refractivity contribution >= 4 is 34.9 Å². The molecule has 1 fully saturated rings. The number of halogens is 2. The van der Waals surface area contributed by atoms with Crippen LogP contribution in [0.5, 0.6) is 0 Å². The molecule has 2 aromatic rings. The molecule has 0 radical (unpaired) electrons. The molecule has 0 aliphatic carbocycles. The summed E-state index contributed by atoms with van der Waals surface area (Å²) in [5.41, 5.74) is 2.73. The van der Waals surface area contributed by atoms with Crippen molar-refractivity contribution in [2.24, 2.45) is 0 Å². The van der Waals surface area contributed by atoms with E-state index in [1.165, 1.54) is 6.20 Å². The Bertz CT molecular complexity index is 827. The highest BCUT2D eigenvalue weighted by atomic mass is 35.5. The number of nitrogens with one attached hydrogen (secondary N) is 1. The van der Waals surface area contributed by atoms with Crippen LogP contribution in [0.4, 0.5) is 10.5 Å². The van der Waals surface area contributed by atoms with Gasteiger partial charge in [0.1, 0.15) is 0 Å². The van der Waals surface area contributed by atoms with Crippen molar-refractivity contribution in [1.82, 2.24) is 4.90 Å². The molecule has 1 saturated heterocycles. The quantitative estimate of drug-likeness (QED) is 0.616. The Morgan fingerprint density at radius 1 is 1.25 bits per heavy atom. The zero-order chi connectivity index (χ0) is 16.8. The number of hydrogen-bond acceptors (Lipinski definition) is 2. The van der Waals surface area contributed by atoms with E-state index in [9.17, 15) is 10.0 Å². The van der Waals surface area contributed by atoms with Crippen LogP contribution in [0, 0.1) is 5.21 Å². The van der Waals surface area contributed by atoms with Crippen molar-refractivity contribution < 1.29 is 9.52 Å². The lowest BCUT2D eigenvalue weighted by Gasteiger charge is -2.35. The van der Waals surface area contributed by atoms with Gasteiger partial charge >= 0.3 is 6.03 Å². The molecular weight excluding hydrogens is 349 g/mol. The number of rotatable bonds is 1. The monoisotopic (exact) mass is 363 g/mol. The molecule has 1 aromatic heterocycles. The van der Waals surface area contributed by atoms with Gasteiger partial charge in [-0.25, -0.2) is 4.79 Å². The van der Waals surface area contributed by atoms with Gasteiger partial charge in [0.05, 0.1) is 16.1 Å². The van der Waals surface area contributed by atoms with Crippen LogP contribution in [0.15, 0.2) is 36.7 Å². The van der Waals surface area contributed by atoms with E-state index in [2.05, 4.69) is 5.32 Å². The highest BCUT2D eigenvalue weighted by molar-refractivity contribution is 6.42. The van der Waals surface area contributed by atoms with Crippen LogP contribution < -0.4 is 10.0 Å². The summed E-state index contributed by atoms with van der Waals surface area (Å²) in [5, 5.41) is 15.2. The molecule has 0 saturated carbocycles. The van der Waals surface area contributed by atoms with E-state index in [1.807, 2.05) is 11.0 Å². The standard InChI is InChI=1S/C17H15Cl2N3O2/c18-14-3-1-11(8-15(14)19)20-17(23)22-12-2-4-16(22)13-5-6-21(24)9-10(13)7-12/h1,3,5-6,8-9,12,16H,2,4,7H2,(H,20,23). The van der Waals surface area contributed by atoms with Crippen molar-refractivity contribution in [3.05, 3.63) is 63.0 Å². The van der Waals surface area contributed by atoms with Gasteiger partial charge in [0, 0.05) is 23.4 Å². The lowest BCUT2D eigenvalue weighted by molar-refractivity contribution is -0.606. The topological polar surface area (TPSA) is 59.3 Å². The number of fused-ring (bicyclic) bond motifs is 4. The molecule has 1 N–H and O–H groups in total. The third kappa shape index (κ3) is 2.58. The fraction of sp³-hybridized carbons (Fsp3) is 0.294. The number of nitrogens with zero attached hydrogens (tertiary/aromatic N) is 2. The third-order valence-electron chi connectivity index (χ3n) is 4.78. The number of anilines is 1.